The molecule has 31 heavy (non-hydrogen) atoms. The number of alkyl halides is 6. The molecule has 0 saturated carbocycles. The van der Waals surface area contributed by atoms with Gasteiger partial charge in [0.15, 0.2) is 0 Å². The van der Waals surface area contributed by atoms with Crippen molar-refractivity contribution in [3.63, 3.8) is 0 Å². The lowest BCUT2D eigenvalue weighted by atomic mass is 10.00. The molecule has 4 nitrogen and oxygen atoms in total. The first-order valence-electron chi connectivity index (χ1n) is 9.62. The lowest BCUT2D eigenvalue weighted by molar-refractivity contribution is -0.143. The third kappa shape index (κ3) is 6.19. The lowest BCUT2D eigenvalue weighted by Crippen LogP contribution is -2.36. The smallest absolute Gasteiger partial charge is 0.341 e. The van der Waals surface area contributed by atoms with E-state index in [0.717, 1.165) is 16.8 Å². The Kier molecular flexibility index (Phi) is 6.95. The highest BCUT2D eigenvalue weighted by molar-refractivity contribution is 7.09. The Hall–Kier alpha value is -2.14. The molecular weight excluding hydrogens is 444 g/mol. The monoisotopic (exact) mass is 465 g/mol. The summed E-state index contributed by atoms with van der Waals surface area (Å²) in [5, 5.41) is 2.92. The average Bonchev–Trinajstić information content (AvgIpc) is 2.92. The van der Waals surface area contributed by atoms with Crippen LogP contribution in [-0.2, 0) is 30.1 Å². The molecule has 1 aliphatic heterocycles. The first-order valence-corrected chi connectivity index (χ1v) is 10.5. The van der Waals surface area contributed by atoms with Crippen LogP contribution >= 0.6 is 11.3 Å². The number of hydrogen-bond donors (Lipinski definition) is 0. The van der Waals surface area contributed by atoms with E-state index in [-0.39, 0.29) is 6.07 Å². The van der Waals surface area contributed by atoms with Gasteiger partial charge in [-0.05, 0) is 31.0 Å². The zero-order chi connectivity index (χ0) is 22.8. The molecule has 0 spiro atoms. The van der Waals surface area contributed by atoms with Crippen molar-refractivity contribution in [3.8, 4) is 0 Å². The van der Waals surface area contributed by atoms with Crippen molar-refractivity contribution in [1.29, 1.82) is 0 Å². The number of aromatic nitrogens is 1. The number of carbonyl (C=O) groups is 1. The Morgan fingerprint density at radius 2 is 1.81 bits per heavy atom. The number of rotatable bonds is 4. The highest BCUT2D eigenvalue weighted by atomic mass is 32.1. The number of amides is 1. The predicted molar refractivity (Wildman–Crippen MR) is 103 cm³/mol. The van der Waals surface area contributed by atoms with Gasteiger partial charge in [-0.1, -0.05) is 6.07 Å². The zero-order valence-corrected chi connectivity index (χ0v) is 17.5. The number of carbonyl (C=O) groups excluding carboxylic acids is 1. The third-order valence-corrected chi connectivity index (χ3v) is 5.90. The second kappa shape index (κ2) is 9.15. The van der Waals surface area contributed by atoms with Gasteiger partial charge in [0.25, 0.3) is 0 Å². The fourth-order valence-corrected chi connectivity index (χ4v) is 4.14. The predicted octanol–water partition coefficient (Wildman–Crippen LogP) is 4.77. The second-order valence-corrected chi connectivity index (χ2v) is 8.47. The normalized spacial score (nSPS) is 16.4. The van der Waals surface area contributed by atoms with E-state index < -0.39 is 41.4 Å². The molecule has 3 rings (SSSR count). The van der Waals surface area contributed by atoms with Crippen LogP contribution in [-0.4, -0.2) is 46.9 Å². The van der Waals surface area contributed by atoms with Crippen LogP contribution in [0, 0.1) is 6.92 Å². The lowest BCUT2D eigenvalue weighted by Gasteiger charge is -2.23. The van der Waals surface area contributed by atoms with Gasteiger partial charge >= 0.3 is 12.4 Å². The van der Waals surface area contributed by atoms with Crippen molar-refractivity contribution in [1.82, 2.24) is 14.8 Å². The van der Waals surface area contributed by atoms with Crippen LogP contribution in [0.15, 0.2) is 23.6 Å². The Labute approximate surface area is 179 Å². The summed E-state index contributed by atoms with van der Waals surface area (Å²) in [6, 6.07) is 1.40. The summed E-state index contributed by atoms with van der Waals surface area (Å²) in [5.41, 5.74) is -2.34. The van der Waals surface area contributed by atoms with E-state index in [1.807, 2.05) is 12.3 Å². The number of aryl methyl sites for hydroxylation is 1. The van der Waals surface area contributed by atoms with Gasteiger partial charge in [-0.25, -0.2) is 4.98 Å². The largest absolute Gasteiger partial charge is 0.416 e. The molecule has 11 heteroatoms. The van der Waals surface area contributed by atoms with Crippen LogP contribution < -0.4 is 0 Å². The molecule has 1 amide bonds. The van der Waals surface area contributed by atoms with E-state index in [1.165, 1.54) is 4.90 Å². The Bertz CT molecular complexity index is 924. The third-order valence-electron chi connectivity index (χ3n) is 5.08. The van der Waals surface area contributed by atoms with Crippen molar-refractivity contribution in [2.24, 2.45) is 0 Å². The SMILES string of the molecule is Cc1nc(CN2CCCN(C(=O)Cc3ccc(C(F)(F)F)cc3C(F)(F)F)CC2)cs1. The van der Waals surface area contributed by atoms with Gasteiger partial charge in [0.2, 0.25) is 5.91 Å². The van der Waals surface area contributed by atoms with Crippen LogP contribution in [0.1, 0.15) is 33.8 Å². The molecule has 0 radical (unpaired) electrons. The molecule has 2 aromatic rings. The van der Waals surface area contributed by atoms with E-state index >= 15 is 0 Å². The molecule has 0 unspecified atom stereocenters. The number of nitrogens with zero attached hydrogens (tertiary/aromatic N) is 3. The summed E-state index contributed by atoms with van der Waals surface area (Å²) in [6.45, 7) is 4.52. The number of thiazole rings is 1. The minimum atomic E-state index is -4.99. The van der Waals surface area contributed by atoms with E-state index in [2.05, 4.69) is 9.88 Å². The van der Waals surface area contributed by atoms with Crippen LogP contribution in [0.2, 0.25) is 0 Å². The zero-order valence-electron chi connectivity index (χ0n) is 16.7. The molecule has 1 aliphatic rings. The Balaban J connectivity index is 1.68. The maximum absolute atomic E-state index is 13.3. The molecule has 0 aliphatic carbocycles. The van der Waals surface area contributed by atoms with Crippen molar-refractivity contribution >= 4 is 17.2 Å². The van der Waals surface area contributed by atoms with Gasteiger partial charge in [-0.2, -0.15) is 26.3 Å². The minimum Gasteiger partial charge on any atom is -0.341 e. The summed E-state index contributed by atoms with van der Waals surface area (Å²) in [6.07, 6.45) is -9.84. The quantitative estimate of drug-likeness (QED) is 0.611. The first-order chi connectivity index (χ1) is 14.4. The molecule has 1 aromatic carbocycles. The Morgan fingerprint density at radius 3 is 2.42 bits per heavy atom. The molecule has 0 atom stereocenters. The highest BCUT2D eigenvalue weighted by Crippen LogP contribution is 2.37. The molecule has 1 aromatic heterocycles. The van der Waals surface area contributed by atoms with Crippen molar-refractivity contribution in [3.05, 3.63) is 51.0 Å². The van der Waals surface area contributed by atoms with E-state index in [1.54, 1.807) is 11.3 Å². The number of benzene rings is 1. The van der Waals surface area contributed by atoms with E-state index in [4.69, 9.17) is 0 Å². The standard InChI is InChI=1S/C20H21F6N3OS/c1-13-27-16(12-31-13)11-28-5-2-6-29(8-7-28)18(30)9-14-3-4-15(19(21,22)23)10-17(14)20(24,25)26/h3-4,10,12H,2,5-9,11H2,1H3. The minimum absolute atomic E-state index is 0.0720. The highest BCUT2D eigenvalue weighted by Gasteiger charge is 2.38. The molecular formula is C20H21F6N3OS. The summed E-state index contributed by atoms with van der Waals surface area (Å²) in [7, 11) is 0. The number of hydrogen-bond acceptors (Lipinski definition) is 4. The van der Waals surface area contributed by atoms with Gasteiger partial charge < -0.3 is 4.90 Å². The fourth-order valence-electron chi connectivity index (χ4n) is 3.53. The topological polar surface area (TPSA) is 36.4 Å². The molecule has 170 valence electrons. The molecule has 0 bridgehead atoms. The van der Waals surface area contributed by atoms with Crippen molar-refractivity contribution < 1.29 is 31.1 Å². The maximum atomic E-state index is 13.3. The van der Waals surface area contributed by atoms with Gasteiger partial charge in [0, 0.05) is 38.1 Å². The molecule has 1 saturated heterocycles. The van der Waals surface area contributed by atoms with Gasteiger partial charge in [0.1, 0.15) is 0 Å². The maximum Gasteiger partial charge on any atom is 0.416 e. The van der Waals surface area contributed by atoms with E-state index in [9.17, 15) is 31.1 Å². The average molecular weight is 465 g/mol. The fraction of sp³-hybridized carbons (Fsp3) is 0.500. The van der Waals surface area contributed by atoms with Gasteiger partial charge in [-0.15, -0.1) is 11.3 Å². The first kappa shape index (κ1) is 23.5. The second-order valence-electron chi connectivity index (χ2n) is 7.41. The summed E-state index contributed by atoms with van der Waals surface area (Å²) in [4.78, 5) is 20.7. The van der Waals surface area contributed by atoms with Gasteiger partial charge in [0.05, 0.1) is 28.2 Å². The van der Waals surface area contributed by atoms with Crippen LogP contribution in [0.5, 0.6) is 0 Å². The molecule has 2 heterocycles. The van der Waals surface area contributed by atoms with E-state index in [0.29, 0.717) is 45.2 Å². The Morgan fingerprint density at radius 1 is 1.06 bits per heavy atom. The van der Waals surface area contributed by atoms with Crippen molar-refractivity contribution in [2.45, 2.75) is 38.7 Å². The molecule has 1 fully saturated rings. The summed E-state index contributed by atoms with van der Waals surface area (Å²) < 4.78 is 78.5. The molecule has 0 N–H and O–H groups in total. The number of halogens is 6. The summed E-state index contributed by atoms with van der Waals surface area (Å²) >= 11 is 1.55. The summed E-state index contributed by atoms with van der Waals surface area (Å²) in [5.74, 6) is -0.531. The van der Waals surface area contributed by atoms with Crippen molar-refractivity contribution in [2.75, 3.05) is 26.2 Å². The van der Waals surface area contributed by atoms with Crippen LogP contribution in [0.25, 0.3) is 0 Å². The van der Waals surface area contributed by atoms with Crippen LogP contribution in [0.3, 0.4) is 0 Å². The van der Waals surface area contributed by atoms with Crippen LogP contribution in [0.4, 0.5) is 26.3 Å². The van der Waals surface area contributed by atoms with Gasteiger partial charge in [-0.3, -0.25) is 9.69 Å².